The number of hydrogen-bond donors (Lipinski definition) is 2. The summed E-state index contributed by atoms with van der Waals surface area (Å²) in [6.07, 6.45) is 0. The average Bonchev–Trinajstić information content (AvgIpc) is 2.33. The van der Waals surface area contributed by atoms with Crippen molar-refractivity contribution < 1.29 is 13.5 Å². The Morgan fingerprint density at radius 1 is 0.818 bits per heavy atom. The monoisotopic (exact) mass is 319 g/mol. The summed E-state index contributed by atoms with van der Waals surface area (Å²) in [5.41, 5.74) is 4.19. The Kier molecular flexibility index (Phi) is 4.20. The van der Waals surface area contributed by atoms with Gasteiger partial charge in [0.25, 0.3) is 10.0 Å². The molecule has 0 aliphatic rings. The first-order chi connectivity index (χ1) is 10.1. The van der Waals surface area contributed by atoms with E-state index >= 15 is 0 Å². The Hall–Kier alpha value is -2.01. The number of rotatable bonds is 3. The van der Waals surface area contributed by atoms with Gasteiger partial charge in [-0.25, -0.2) is 8.42 Å². The van der Waals surface area contributed by atoms with Gasteiger partial charge in [0.15, 0.2) is 0 Å². The Labute approximate surface area is 131 Å². The van der Waals surface area contributed by atoms with Gasteiger partial charge in [0.05, 0.1) is 4.90 Å². The molecule has 0 bridgehead atoms. The normalized spacial score (nSPS) is 11.5. The summed E-state index contributed by atoms with van der Waals surface area (Å²) in [5.74, 6) is 0.186. The minimum absolute atomic E-state index is 0.186. The molecule has 2 N–H and O–H groups in total. The first-order valence-electron chi connectivity index (χ1n) is 7.02. The molecule has 22 heavy (non-hydrogen) atoms. The molecule has 0 saturated carbocycles. The van der Waals surface area contributed by atoms with Gasteiger partial charge in [-0.15, -0.1) is 0 Å². The summed E-state index contributed by atoms with van der Waals surface area (Å²) in [4.78, 5) is 0.307. The van der Waals surface area contributed by atoms with Crippen LogP contribution in [0.5, 0.6) is 5.75 Å². The van der Waals surface area contributed by atoms with Crippen molar-refractivity contribution in [2.24, 2.45) is 0 Å². The lowest BCUT2D eigenvalue weighted by molar-refractivity contribution is 0.467. The van der Waals surface area contributed by atoms with E-state index in [2.05, 4.69) is 4.72 Å². The van der Waals surface area contributed by atoms with Crippen LogP contribution >= 0.6 is 0 Å². The SMILES string of the molecule is Cc1cc(C)c(S(=O)(=O)Nc2cc(C)c(O)c(C)c2)c(C)c1. The quantitative estimate of drug-likeness (QED) is 0.847. The molecule has 0 fully saturated rings. The van der Waals surface area contributed by atoms with E-state index in [1.54, 1.807) is 39.8 Å². The molecule has 0 unspecified atom stereocenters. The summed E-state index contributed by atoms with van der Waals surface area (Å²) in [6.45, 7) is 9.01. The number of sulfonamides is 1. The van der Waals surface area contributed by atoms with Crippen molar-refractivity contribution in [1.29, 1.82) is 0 Å². The van der Waals surface area contributed by atoms with E-state index in [0.717, 1.165) is 16.7 Å². The standard InChI is InChI=1S/C17H21NO3S/c1-10-6-13(4)17(14(5)7-10)22(20,21)18-15-8-11(2)16(19)12(3)9-15/h6-9,18-19H,1-5H3. The van der Waals surface area contributed by atoms with E-state index in [0.29, 0.717) is 21.7 Å². The fourth-order valence-corrected chi connectivity index (χ4v) is 4.31. The lowest BCUT2D eigenvalue weighted by atomic mass is 10.1. The summed E-state index contributed by atoms with van der Waals surface area (Å²) < 4.78 is 28.0. The van der Waals surface area contributed by atoms with Gasteiger partial charge in [0.2, 0.25) is 0 Å². The molecule has 2 aromatic rings. The maximum Gasteiger partial charge on any atom is 0.262 e. The second-order valence-corrected chi connectivity index (χ2v) is 7.41. The van der Waals surface area contributed by atoms with Crippen molar-refractivity contribution in [3.63, 3.8) is 0 Å². The summed E-state index contributed by atoms with van der Waals surface area (Å²) in [6, 6.07) is 6.96. The van der Waals surface area contributed by atoms with Gasteiger partial charge in [-0.2, -0.15) is 0 Å². The van der Waals surface area contributed by atoms with E-state index < -0.39 is 10.0 Å². The van der Waals surface area contributed by atoms with Crippen LogP contribution < -0.4 is 4.72 Å². The number of phenols is 1. The van der Waals surface area contributed by atoms with Crippen molar-refractivity contribution >= 4 is 15.7 Å². The van der Waals surface area contributed by atoms with Crippen molar-refractivity contribution in [1.82, 2.24) is 0 Å². The third kappa shape index (κ3) is 3.09. The number of phenolic OH excluding ortho intramolecular Hbond substituents is 1. The predicted octanol–water partition coefficient (Wildman–Crippen LogP) is 3.74. The van der Waals surface area contributed by atoms with Crippen LogP contribution in [0.2, 0.25) is 0 Å². The summed E-state index contributed by atoms with van der Waals surface area (Å²) >= 11 is 0. The molecule has 0 radical (unpaired) electrons. The number of aromatic hydroxyl groups is 1. The molecule has 0 heterocycles. The number of benzene rings is 2. The van der Waals surface area contributed by atoms with Crippen LogP contribution in [0, 0.1) is 34.6 Å². The van der Waals surface area contributed by atoms with Crippen LogP contribution in [-0.4, -0.2) is 13.5 Å². The fraction of sp³-hybridized carbons (Fsp3) is 0.294. The molecule has 118 valence electrons. The van der Waals surface area contributed by atoms with Crippen LogP contribution in [0.3, 0.4) is 0 Å². The highest BCUT2D eigenvalue weighted by Crippen LogP contribution is 2.29. The maximum atomic E-state index is 12.7. The van der Waals surface area contributed by atoms with Crippen molar-refractivity contribution in [3.05, 3.63) is 52.1 Å². The lowest BCUT2D eigenvalue weighted by Crippen LogP contribution is -2.16. The second-order valence-electron chi connectivity index (χ2n) is 5.79. The molecule has 2 aromatic carbocycles. The molecular formula is C17H21NO3S. The lowest BCUT2D eigenvalue weighted by Gasteiger charge is -2.15. The van der Waals surface area contributed by atoms with E-state index in [-0.39, 0.29) is 5.75 Å². The zero-order chi connectivity index (χ0) is 16.7. The summed E-state index contributed by atoms with van der Waals surface area (Å²) in [5, 5.41) is 9.79. The van der Waals surface area contributed by atoms with Crippen LogP contribution in [0.15, 0.2) is 29.2 Å². The summed E-state index contributed by atoms with van der Waals surface area (Å²) in [7, 11) is -3.67. The third-order valence-electron chi connectivity index (χ3n) is 3.62. The van der Waals surface area contributed by atoms with Gasteiger partial charge in [0, 0.05) is 5.69 Å². The van der Waals surface area contributed by atoms with Gasteiger partial charge in [-0.1, -0.05) is 17.7 Å². The van der Waals surface area contributed by atoms with Crippen LogP contribution in [-0.2, 0) is 10.0 Å². The molecule has 0 spiro atoms. The predicted molar refractivity (Wildman–Crippen MR) is 89.0 cm³/mol. The Balaban J connectivity index is 2.49. The number of anilines is 1. The van der Waals surface area contributed by atoms with Crippen LogP contribution in [0.1, 0.15) is 27.8 Å². The molecule has 0 amide bonds. The Morgan fingerprint density at radius 2 is 1.27 bits per heavy atom. The smallest absolute Gasteiger partial charge is 0.262 e. The third-order valence-corrected chi connectivity index (χ3v) is 5.30. The molecule has 0 aliphatic heterocycles. The molecule has 0 atom stereocenters. The van der Waals surface area contributed by atoms with Gasteiger partial charge >= 0.3 is 0 Å². The van der Waals surface area contributed by atoms with E-state index in [1.807, 2.05) is 19.1 Å². The van der Waals surface area contributed by atoms with Crippen LogP contribution in [0.25, 0.3) is 0 Å². The first-order valence-corrected chi connectivity index (χ1v) is 8.51. The highest BCUT2D eigenvalue weighted by atomic mass is 32.2. The van der Waals surface area contributed by atoms with Gasteiger partial charge in [-0.05, 0) is 69.0 Å². The molecule has 0 aromatic heterocycles. The molecule has 0 aliphatic carbocycles. The Morgan fingerprint density at radius 3 is 1.73 bits per heavy atom. The molecule has 0 saturated heterocycles. The highest BCUT2D eigenvalue weighted by Gasteiger charge is 2.20. The number of aryl methyl sites for hydroxylation is 5. The zero-order valence-electron chi connectivity index (χ0n) is 13.5. The second kappa shape index (κ2) is 5.65. The highest BCUT2D eigenvalue weighted by molar-refractivity contribution is 7.92. The van der Waals surface area contributed by atoms with E-state index in [1.165, 1.54) is 0 Å². The fourth-order valence-electron chi connectivity index (χ4n) is 2.81. The van der Waals surface area contributed by atoms with Crippen molar-refractivity contribution in [2.45, 2.75) is 39.5 Å². The number of hydrogen-bond acceptors (Lipinski definition) is 3. The van der Waals surface area contributed by atoms with Gasteiger partial charge in [-0.3, -0.25) is 4.72 Å². The maximum absolute atomic E-state index is 12.7. The minimum Gasteiger partial charge on any atom is -0.507 e. The molecule has 4 nitrogen and oxygen atoms in total. The van der Waals surface area contributed by atoms with Crippen molar-refractivity contribution in [3.8, 4) is 5.75 Å². The minimum atomic E-state index is -3.67. The van der Waals surface area contributed by atoms with Crippen molar-refractivity contribution in [2.75, 3.05) is 4.72 Å². The van der Waals surface area contributed by atoms with Gasteiger partial charge in [0.1, 0.15) is 5.75 Å². The van der Waals surface area contributed by atoms with Crippen LogP contribution in [0.4, 0.5) is 5.69 Å². The van der Waals surface area contributed by atoms with E-state index in [4.69, 9.17) is 0 Å². The largest absolute Gasteiger partial charge is 0.507 e. The topological polar surface area (TPSA) is 66.4 Å². The molecule has 5 heteroatoms. The van der Waals surface area contributed by atoms with E-state index in [9.17, 15) is 13.5 Å². The zero-order valence-corrected chi connectivity index (χ0v) is 14.3. The Bertz CT molecular complexity index is 793. The van der Waals surface area contributed by atoms with Gasteiger partial charge < -0.3 is 5.11 Å². The molecular weight excluding hydrogens is 298 g/mol. The average molecular weight is 319 g/mol. The number of nitrogens with one attached hydrogen (secondary N) is 1. The first kappa shape index (κ1) is 16.4. The molecule has 2 rings (SSSR count).